The fraction of sp³-hybridized carbons (Fsp3) is 0.500. The molecule has 0 unspecified atom stereocenters. The second kappa shape index (κ2) is 3.39. The van der Waals surface area contributed by atoms with Crippen LogP contribution < -0.4 is 0 Å². The minimum absolute atomic E-state index is 0.177. The Labute approximate surface area is 56.5 Å². The van der Waals surface area contributed by atoms with Gasteiger partial charge in [0, 0.05) is 0 Å². The first kappa shape index (κ1) is 9.20. The molecular weight excluding hydrogens is 145 g/mol. The molecule has 0 heterocycles. The lowest BCUT2D eigenvalue weighted by Gasteiger charge is -2.03. The highest BCUT2D eigenvalue weighted by molar-refractivity contribution is 5.74. The van der Waals surface area contributed by atoms with Crippen molar-refractivity contribution in [2.45, 2.75) is 19.5 Å². The first-order chi connectivity index (χ1) is 4.52. The highest BCUT2D eigenvalue weighted by Gasteiger charge is 2.32. The van der Waals surface area contributed by atoms with Gasteiger partial charge in [0.05, 0.1) is 5.57 Å². The number of alkyl halides is 3. The van der Waals surface area contributed by atoms with Crippen LogP contribution in [0.25, 0.3) is 0 Å². The molecule has 0 aromatic carbocycles. The molecule has 0 aliphatic carbocycles. The van der Waals surface area contributed by atoms with Gasteiger partial charge in [-0.15, -0.1) is 0 Å². The minimum atomic E-state index is -4.49. The average molecular weight is 152 g/mol. The Hall–Kier alpha value is -0.800. The minimum Gasteiger partial charge on any atom is -0.298 e. The third-order valence-electron chi connectivity index (χ3n) is 0.878. The van der Waals surface area contributed by atoms with Gasteiger partial charge in [-0.1, -0.05) is 13.0 Å². The lowest BCUT2D eigenvalue weighted by atomic mass is 10.2. The van der Waals surface area contributed by atoms with E-state index in [0.717, 1.165) is 6.08 Å². The van der Waals surface area contributed by atoms with Crippen LogP contribution in [0.5, 0.6) is 0 Å². The highest BCUT2D eigenvalue weighted by atomic mass is 19.4. The van der Waals surface area contributed by atoms with Crippen LogP contribution in [0.15, 0.2) is 11.6 Å². The molecule has 0 spiro atoms. The fourth-order valence-electron chi connectivity index (χ4n) is 0.451. The van der Waals surface area contributed by atoms with Gasteiger partial charge in [-0.25, -0.2) is 0 Å². The van der Waals surface area contributed by atoms with E-state index in [0.29, 0.717) is 0 Å². The normalized spacial score (nSPS) is 13.4. The van der Waals surface area contributed by atoms with Crippen LogP contribution in [0.3, 0.4) is 0 Å². The molecule has 0 bridgehead atoms. The Morgan fingerprint density at radius 1 is 1.50 bits per heavy atom. The fourth-order valence-corrected chi connectivity index (χ4v) is 0.451. The third kappa shape index (κ3) is 2.66. The summed E-state index contributed by atoms with van der Waals surface area (Å²) in [6.07, 6.45) is -3.60. The summed E-state index contributed by atoms with van der Waals surface area (Å²) in [7, 11) is 0. The van der Waals surface area contributed by atoms with Crippen LogP contribution in [0.1, 0.15) is 13.3 Å². The van der Waals surface area contributed by atoms with Crippen molar-refractivity contribution in [3.8, 4) is 0 Å². The van der Waals surface area contributed by atoms with E-state index in [1.54, 1.807) is 0 Å². The summed E-state index contributed by atoms with van der Waals surface area (Å²) in [5.41, 5.74) is -1.10. The summed E-state index contributed by atoms with van der Waals surface area (Å²) in [6.45, 7) is 1.54. The number of carbonyl (C=O) groups excluding carboxylic acids is 1. The van der Waals surface area contributed by atoms with Gasteiger partial charge >= 0.3 is 6.18 Å². The predicted octanol–water partition coefficient (Wildman–Crippen LogP) is 2.08. The van der Waals surface area contributed by atoms with E-state index in [-0.39, 0.29) is 12.7 Å². The second-order valence-electron chi connectivity index (χ2n) is 1.68. The van der Waals surface area contributed by atoms with Crippen LogP contribution in [0.4, 0.5) is 13.2 Å². The van der Waals surface area contributed by atoms with E-state index in [1.807, 2.05) is 0 Å². The Morgan fingerprint density at radius 2 is 2.00 bits per heavy atom. The number of hydrogen-bond acceptors (Lipinski definition) is 1. The Kier molecular flexibility index (Phi) is 3.12. The van der Waals surface area contributed by atoms with Crippen LogP contribution in [0, 0.1) is 0 Å². The van der Waals surface area contributed by atoms with Crippen molar-refractivity contribution >= 4 is 6.29 Å². The molecule has 0 aromatic rings. The average Bonchev–Trinajstić information content (AvgIpc) is 1.80. The van der Waals surface area contributed by atoms with Gasteiger partial charge in [0.25, 0.3) is 0 Å². The second-order valence-corrected chi connectivity index (χ2v) is 1.68. The van der Waals surface area contributed by atoms with Crippen LogP contribution in [-0.4, -0.2) is 12.5 Å². The van der Waals surface area contributed by atoms with E-state index < -0.39 is 11.7 Å². The zero-order valence-corrected chi connectivity index (χ0v) is 5.40. The summed E-state index contributed by atoms with van der Waals surface area (Å²) in [6, 6.07) is 0. The topological polar surface area (TPSA) is 17.1 Å². The molecule has 1 nitrogen and oxygen atoms in total. The maximum Gasteiger partial charge on any atom is 0.419 e. The van der Waals surface area contributed by atoms with Crippen LogP contribution in [-0.2, 0) is 4.79 Å². The number of rotatable bonds is 2. The van der Waals surface area contributed by atoms with Gasteiger partial charge in [0.2, 0.25) is 0 Å². The zero-order chi connectivity index (χ0) is 8.20. The van der Waals surface area contributed by atoms with E-state index >= 15 is 0 Å². The number of hydrogen-bond donors (Lipinski definition) is 0. The van der Waals surface area contributed by atoms with Crippen molar-refractivity contribution < 1.29 is 18.0 Å². The van der Waals surface area contributed by atoms with Crippen LogP contribution in [0.2, 0.25) is 0 Å². The molecule has 0 aliphatic heterocycles. The van der Waals surface area contributed by atoms with Gasteiger partial charge in [-0.05, 0) is 6.42 Å². The van der Waals surface area contributed by atoms with Crippen molar-refractivity contribution in [1.82, 2.24) is 0 Å². The molecule has 0 fully saturated rings. The molecule has 0 saturated carbocycles. The van der Waals surface area contributed by atoms with Crippen LogP contribution >= 0.6 is 0 Å². The molecule has 0 saturated heterocycles. The molecule has 4 heteroatoms. The maximum absolute atomic E-state index is 11.6. The molecule has 58 valence electrons. The molecule has 0 radical (unpaired) electrons. The molecule has 0 aliphatic rings. The number of allylic oxidation sites excluding steroid dienone is 2. The van der Waals surface area contributed by atoms with Gasteiger partial charge in [-0.2, -0.15) is 13.2 Å². The smallest absolute Gasteiger partial charge is 0.298 e. The van der Waals surface area contributed by atoms with Gasteiger partial charge in [-0.3, -0.25) is 4.79 Å². The first-order valence-electron chi connectivity index (χ1n) is 2.75. The van der Waals surface area contributed by atoms with Crippen molar-refractivity contribution in [3.63, 3.8) is 0 Å². The molecule has 0 N–H and O–H groups in total. The number of halogens is 3. The monoisotopic (exact) mass is 152 g/mol. The van der Waals surface area contributed by atoms with E-state index in [2.05, 4.69) is 0 Å². The Bertz CT molecular complexity index is 146. The standard InChI is InChI=1S/C6H7F3O/c1-2-3-5(4-10)6(7,8)9/h3-4H,2H2,1H3. The quantitative estimate of drug-likeness (QED) is 0.437. The summed E-state index contributed by atoms with van der Waals surface area (Å²) in [4.78, 5) is 9.75. The van der Waals surface area contributed by atoms with Crippen molar-refractivity contribution in [2.24, 2.45) is 0 Å². The van der Waals surface area contributed by atoms with Gasteiger partial charge in [0.1, 0.15) is 0 Å². The first-order valence-corrected chi connectivity index (χ1v) is 2.75. The summed E-state index contributed by atoms with van der Waals surface area (Å²) < 4.78 is 34.8. The van der Waals surface area contributed by atoms with E-state index in [4.69, 9.17) is 0 Å². The summed E-state index contributed by atoms with van der Waals surface area (Å²) >= 11 is 0. The van der Waals surface area contributed by atoms with Gasteiger partial charge < -0.3 is 0 Å². The van der Waals surface area contributed by atoms with Crippen molar-refractivity contribution in [3.05, 3.63) is 11.6 Å². The molecule has 0 rings (SSSR count). The lowest BCUT2D eigenvalue weighted by Crippen LogP contribution is -2.12. The van der Waals surface area contributed by atoms with E-state index in [1.165, 1.54) is 6.92 Å². The summed E-state index contributed by atoms with van der Waals surface area (Å²) in [5.74, 6) is 0. The predicted molar refractivity (Wildman–Crippen MR) is 30.5 cm³/mol. The molecule has 0 atom stereocenters. The molecular formula is C6H7F3O. The Morgan fingerprint density at radius 3 is 2.10 bits per heavy atom. The lowest BCUT2D eigenvalue weighted by molar-refractivity contribution is -0.119. The molecule has 10 heavy (non-hydrogen) atoms. The van der Waals surface area contributed by atoms with Crippen molar-refractivity contribution in [1.29, 1.82) is 0 Å². The summed E-state index contributed by atoms with van der Waals surface area (Å²) in [5, 5.41) is 0. The number of aldehydes is 1. The molecule has 0 aromatic heterocycles. The zero-order valence-electron chi connectivity index (χ0n) is 5.40. The van der Waals surface area contributed by atoms with Gasteiger partial charge in [0.15, 0.2) is 6.29 Å². The highest BCUT2D eigenvalue weighted by Crippen LogP contribution is 2.23. The Balaban J connectivity index is 4.36. The SMILES string of the molecule is CCC=C(C=O)C(F)(F)F. The van der Waals surface area contributed by atoms with E-state index in [9.17, 15) is 18.0 Å². The third-order valence-corrected chi connectivity index (χ3v) is 0.878. The largest absolute Gasteiger partial charge is 0.419 e. The van der Waals surface area contributed by atoms with Crippen molar-refractivity contribution in [2.75, 3.05) is 0 Å². The number of carbonyl (C=O) groups is 1. The maximum atomic E-state index is 11.6. The molecule has 0 amide bonds.